The van der Waals surface area contributed by atoms with E-state index in [4.69, 9.17) is 30.0 Å². The van der Waals surface area contributed by atoms with Crippen LogP contribution in [0.15, 0.2) is 0 Å². The fourth-order valence-corrected chi connectivity index (χ4v) is 0. The minimum absolute atomic E-state index is 0. The second kappa shape index (κ2) is 29.2. The van der Waals surface area contributed by atoms with Gasteiger partial charge in [0.05, 0.1) is 0 Å². The summed E-state index contributed by atoms with van der Waals surface area (Å²) in [7, 11) is 0. The number of carboxylic acid groups (broad SMARTS) is 4. The van der Waals surface area contributed by atoms with Gasteiger partial charge in [0.2, 0.25) is 0 Å². The van der Waals surface area contributed by atoms with Crippen LogP contribution in [0.25, 0.3) is 0 Å². The second-order valence-corrected chi connectivity index (χ2v) is 0.565. The predicted octanol–water partition coefficient (Wildman–Crippen LogP) is -9.03. The van der Waals surface area contributed by atoms with Crippen LogP contribution in [0.2, 0.25) is 0 Å². The summed E-state index contributed by atoms with van der Waals surface area (Å²) in [5.41, 5.74) is 0. The van der Waals surface area contributed by atoms with E-state index in [1.165, 1.54) is 0 Å². The Balaban J connectivity index is -0.00000000468. The summed E-state index contributed by atoms with van der Waals surface area (Å²) in [6, 6.07) is 0. The van der Waals surface area contributed by atoms with E-state index in [-0.39, 0.29) is 142 Å². The molecule has 62 valence electrons. The minimum atomic E-state index is -1.83. The average molecular weight is 246 g/mol. The third kappa shape index (κ3) is 230. The van der Waals surface area contributed by atoms with Crippen LogP contribution in [0.5, 0.6) is 0 Å². The quantitative estimate of drug-likeness (QED) is 0.312. The van der Waals surface area contributed by atoms with E-state index in [0.29, 0.717) is 0 Å². The first-order valence-corrected chi connectivity index (χ1v) is 1.30. The molecule has 0 aliphatic rings. The zero-order valence-corrected chi connectivity index (χ0v) is 15.4. The summed E-state index contributed by atoms with van der Waals surface area (Å²) < 4.78 is 0. The van der Waals surface area contributed by atoms with E-state index in [2.05, 4.69) is 0 Å². The van der Waals surface area contributed by atoms with E-state index in [1.807, 2.05) is 0 Å². The molecule has 12 heavy (non-hydrogen) atoms. The van der Waals surface area contributed by atoms with Crippen molar-refractivity contribution >= 4 is 12.3 Å². The number of hydrogen-bond acceptors (Lipinski definition) is 2. The maximum absolute atomic E-state index is 8.56. The molecule has 0 amide bonds. The van der Waals surface area contributed by atoms with Gasteiger partial charge in [0, 0.05) is 0 Å². The van der Waals surface area contributed by atoms with Crippen molar-refractivity contribution in [2.45, 2.75) is 0 Å². The van der Waals surface area contributed by atoms with Crippen LogP contribution >= 0.6 is 0 Å². The van der Waals surface area contributed by atoms with Crippen molar-refractivity contribution in [3.63, 3.8) is 0 Å². The van der Waals surface area contributed by atoms with Crippen LogP contribution in [-0.2, 0) is 0 Å². The molecule has 0 spiro atoms. The van der Waals surface area contributed by atoms with Gasteiger partial charge in [-0.05, 0) is 0 Å². The number of hydrogen-bond donors (Lipinski definition) is 4. The first kappa shape index (κ1) is 36.4. The number of carbonyl (C=O) groups is 2. The normalized spacial score (nSPS) is 4.00. The molecule has 0 heterocycles. The third-order valence-electron chi connectivity index (χ3n) is 0. The van der Waals surface area contributed by atoms with Crippen molar-refractivity contribution in [3.8, 4) is 0 Å². The Bertz CT molecular complexity index is 88.2. The van der Waals surface area contributed by atoms with Crippen LogP contribution in [0.4, 0.5) is 9.59 Å². The largest absolute Gasteiger partial charge is 1.00 e. The number of rotatable bonds is 0. The van der Waals surface area contributed by atoms with Crippen molar-refractivity contribution in [2.75, 3.05) is 0 Å². The molecule has 0 aromatic rings. The Hall–Kier alpha value is 2.77. The fraction of sp³-hybridized carbons (Fsp3) is 0. The van der Waals surface area contributed by atoms with E-state index < -0.39 is 12.3 Å². The maximum Gasteiger partial charge on any atom is 1.00 e. The molecule has 0 saturated heterocycles. The summed E-state index contributed by atoms with van der Waals surface area (Å²) in [6.07, 6.45) is -3.67. The van der Waals surface area contributed by atoms with Gasteiger partial charge in [-0.2, -0.15) is 0 Å². The molecule has 0 fully saturated rings. The first-order chi connectivity index (χ1) is 3.46. The van der Waals surface area contributed by atoms with Gasteiger partial charge >= 0.3 is 145 Å². The Labute approximate surface area is 180 Å². The van der Waals surface area contributed by atoms with E-state index >= 15 is 0 Å². The third-order valence-corrected chi connectivity index (χ3v) is 0. The van der Waals surface area contributed by atoms with Crippen LogP contribution in [0.1, 0.15) is 4.28 Å². The Morgan fingerprint density at radius 3 is 0.833 bits per heavy atom. The molecule has 0 atom stereocenters. The summed E-state index contributed by atoms with van der Waals surface area (Å²) in [5.74, 6) is 0. The molecule has 0 aliphatic carbocycles. The van der Waals surface area contributed by atoms with E-state index in [1.54, 1.807) is 0 Å². The van der Waals surface area contributed by atoms with Gasteiger partial charge in [-0.25, -0.2) is 9.59 Å². The van der Waals surface area contributed by atoms with Crippen molar-refractivity contribution in [2.24, 2.45) is 0 Å². The summed E-state index contributed by atoms with van der Waals surface area (Å²) in [4.78, 5) is 17.1. The average Bonchev–Trinajstić information content (AvgIpc) is 1.25. The smallest absolute Gasteiger partial charge is 1.00 e. The molecule has 7 nitrogen and oxygen atoms in total. The zero-order valence-electron chi connectivity index (χ0n) is 10.1. The van der Waals surface area contributed by atoms with Gasteiger partial charge in [0.1, 0.15) is 0 Å². The summed E-state index contributed by atoms with van der Waals surface area (Å²) >= 11 is 0. The van der Waals surface area contributed by atoms with Crippen molar-refractivity contribution in [3.05, 3.63) is 0 Å². The molecule has 0 bridgehead atoms. The molecule has 0 radical (unpaired) electrons. The van der Waals surface area contributed by atoms with E-state index in [0.717, 1.165) is 0 Å². The molecule has 0 aromatic heterocycles. The van der Waals surface area contributed by atoms with Crippen molar-refractivity contribution in [1.82, 2.24) is 0 Å². The molecule has 10 heteroatoms. The molecule has 0 saturated carbocycles. The van der Waals surface area contributed by atoms with Crippen LogP contribution in [0, 0.1) is 0 Å². The maximum atomic E-state index is 8.56. The molecule has 0 aliphatic heterocycles. The van der Waals surface area contributed by atoms with E-state index in [9.17, 15) is 0 Å². The fourth-order valence-electron chi connectivity index (χ4n) is 0. The first-order valence-electron chi connectivity index (χ1n) is 1.30. The molecular weight excluding hydrogens is 237 g/mol. The van der Waals surface area contributed by atoms with Crippen LogP contribution in [0.3, 0.4) is 0 Å². The van der Waals surface area contributed by atoms with Gasteiger partial charge in [0.15, 0.2) is 0 Å². The van der Waals surface area contributed by atoms with Gasteiger partial charge in [0.25, 0.3) is 0 Å². The van der Waals surface area contributed by atoms with Gasteiger partial charge in [-0.1, -0.05) is 0 Å². The topological polar surface area (TPSA) is 147 Å². The SMILES string of the molecule is O.O=C(O)O.O=C(O)O.[H-].[H-].[H-].[K+].[K+].[Na+]. The molecule has 0 rings (SSSR count). The molecule has 6 N–H and O–H groups in total. The predicted molar refractivity (Wildman–Crippen MR) is 28.3 cm³/mol. The minimum Gasteiger partial charge on any atom is -1.00 e. The molecular formula is C2H9K2NaO7. The second-order valence-electron chi connectivity index (χ2n) is 0.565. The Morgan fingerprint density at radius 1 is 0.833 bits per heavy atom. The van der Waals surface area contributed by atoms with Gasteiger partial charge < -0.3 is 30.2 Å². The summed E-state index contributed by atoms with van der Waals surface area (Å²) in [6.45, 7) is 0. The molecule has 0 aromatic carbocycles. The molecule has 0 unspecified atom stereocenters. The standard InChI is InChI=1S/2CH2O3.2K.Na.H2O.3H/c2*2-1(3)4;;;;;;;/h2*(H2,2,3,4);;;;1H2;;;/q;;3*+1;;3*-1. The Morgan fingerprint density at radius 2 is 0.833 bits per heavy atom. The summed E-state index contributed by atoms with van der Waals surface area (Å²) in [5, 5.41) is 27.9. The Kier molecular flexibility index (Phi) is 88.6. The van der Waals surface area contributed by atoms with Crippen molar-refractivity contribution in [1.29, 1.82) is 0 Å². The van der Waals surface area contributed by atoms with Gasteiger partial charge in [-0.3, -0.25) is 0 Å². The van der Waals surface area contributed by atoms with Crippen LogP contribution in [-0.4, -0.2) is 38.2 Å². The zero-order chi connectivity index (χ0) is 7.15. The van der Waals surface area contributed by atoms with Gasteiger partial charge in [-0.15, -0.1) is 0 Å². The van der Waals surface area contributed by atoms with Crippen molar-refractivity contribution < 1.29 is 172 Å². The monoisotopic (exact) mass is 246 g/mol. The van der Waals surface area contributed by atoms with Crippen LogP contribution < -0.4 is 132 Å².